The van der Waals surface area contributed by atoms with Gasteiger partial charge >= 0.3 is 5.97 Å². The van der Waals surface area contributed by atoms with Gasteiger partial charge in [-0.1, -0.05) is 24.3 Å². The summed E-state index contributed by atoms with van der Waals surface area (Å²) in [7, 11) is 0. The number of aliphatic carboxylic acids is 1. The largest absolute Gasteiger partial charge is 0.481 e. The predicted molar refractivity (Wildman–Crippen MR) is 61.0 cm³/mol. The Kier molecular flexibility index (Phi) is 3.22. The molecule has 0 fully saturated rings. The molecule has 4 heteroatoms. The molecule has 0 aromatic heterocycles. The van der Waals surface area contributed by atoms with Crippen molar-refractivity contribution < 1.29 is 9.90 Å². The van der Waals surface area contributed by atoms with Gasteiger partial charge in [0.25, 0.3) is 0 Å². The monoisotopic (exact) mass is 220 g/mol. The fraction of sp³-hybridized carbons (Fsp3) is 0.417. The molecule has 0 saturated heterocycles. The SMILES string of the molecule is NC1CC(NCCC(=O)O)c2ccccc21. The Hall–Kier alpha value is -1.39. The van der Waals surface area contributed by atoms with Crippen LogP contribution in [0.3, 0.4) is 0 Å². The normalized spacial score (nSPS) is 23.1. The topological polar surface area (TPSA) is 75.3 Å². The lowest BCUT2D eigenvalue weighted by molar-refractivity contribution is -0.136. The zero-order valence-corrected chi connectivity index (χ0v) is 9.02. The molecule has 16 heavy (non-hydrogen) atoms. The minimum absolute atomic E-state index is 0.0681. The van der Waals surface area contributed by atoms with Gasteiger partial charge in [0.2, 0.25) is 0 Å². The highest BCUT2D eigenvalue weighted by molar-refractivity contribution is 5.66. The lowest BCUT2D eigenvalue weighted by Crippen LogP contribution is -2.23. The average molecular weight is 220 g/mol. The molecule has 1 aliphatic rings. The predicted octanol–water partition coefficient (Wildman–Crippen LogP) is 1.20. The summed E-state index contributed by atoms with van der Waals surface area (Å²) >= 11 is 0. The third-order valence-electron chi connectivity index (χ3n) is 2.99. The van der Waals surface area contributed by atoms with Crippen LogP contribution in [0.15, 0.2) is 24.3 Å². The van der Waals surface area contributed by atoms with E-state index in [1.807, 2.05) is 18.2 Å². The second-order valence-corrected chi connectivity index (χ2v) is 4.12. The molecule has 1 aromatic rings. The third kappa shape index (κ3) is 2.23. The summed E-state index contributed by atoms with van der Waals surface area (Å²) in [6, 6.07) is 8.34. The Bertz CT molecular complexity index is 392. The third-order valence-corrected chi connectivity index (χ3v) is 2.99. The van der Waals surface area contributed by atoms with Crippen molar-refractivity contribution in [1.82, 2.24) is 5.32 Å². The van der Waals surface area contributed by atoms with Gasteiger partial charge in [0.15, 0.2) is 0 Å². The summed E-state index contributed by atoms with van der Waals surface area (Å²) in [4.78, 5) is 10.4. The Morgan fingerprint density at radius 2 is 2.12 bits per heavy atom. The first-order chi connectivity index (χ1) is 7.68. The van der Waals surface area contributed by atoms with Crippen LogP contribution in [0.25, 0.3) is 0 Å². The molecule has 1 aliphatic carbocycles. The van der Waals surface area contributed by atoms with E-state index in [0.29, 0.717) is 6.54 Å². The number of carboxylic acids is 1. The molecule has 0 saturated carbocycles. The quantitative estimate of drug-likeness (QED) is 0.712. The summed E-state index contributed by atoms with van der Waals surface area (Å²) < 4.78 is 0. The molecule has 2 unspecified atom stereocenters. The van der Waals surface area contributed by atoms with Crippen LogP contribution in [0.4, 0.5) is 0 Å². The summed E-state index contributed by atoms with van der Waals surface area (Å²) in [5.41, 5.74) is 8.40. The second-order valence-electron chi connectivity index (χ2n) is 4.12. The highest BCUT2D eigenvalue weighted by atomic mass is 16.4. The fourth-order valence-electron chi connectivity index (χ4n) is 2.22. The summed E-state index contributed by atoms with van der Waals surface area (Å²) in [6.07, 6.45) is 0.993. The highest BCUT2D eigenvalue weighted by Crippen LogP contribution is 2.36. The zero-order chi connectivity index (χ0) is 11.5. The summed E-state index contributed by atoms with van der Waals surface area (Å²) in [6.45, 7) is 0.487. The van der Waals surface area contributed by atoms with Crippen LogP contribution in [0.2, 0.25) is 0 Å². The second kappa shape index (κ2) is 4.63. The number of nitrogens with two attached hydrogens (primary N) is 1. The molecule has 0 aliphatic heterocycles. The van der Waals surface area contributed by atoms with Crippen LogP contribution >= 0.6 is 0 Å². The minimum Gasteiger partial charge on any atom is -0.481 e. The van der Waals surface area contributed by atoms with Crippen molar-refractivity contribution in [2.24, 2.45) is 5.73 Å². The first-order valence-electron chi connectivity index (χ1n) is 5.48. The number of fused-ring (bicyclic) bond motifs is 1. The Morgan fingerprint density at radius 1 is 1.44 bits per heavy atom. The Balaban J connectivity index is 2.01. The van der Waals surface area contributed by atoms with E-state index in [9.17, 15) is 4.79 Å². The van der Waals surface area contributed by atoms with E-state index < -0.39 is 5.97 Å². The van der Waals surface area contributed by atoms with Crippen LogP contribution in [0.5, 0.6) is 0 Å². The molecule has 0 heterocycles. The number of carboxylic acid groups (broad SMARTS) is 1. The number of benzene rings is 1. The number of rotatable bonds is 4. The van der Waals surface area contributed by atoms with Crippen molar-refractivity contribution in [2.45, 2.75) is 24.9 Å². The first kappa shape index (κ1) is 11.1. The van der Waals surface area contributed by atoms with Crippen molar-refractivity contribution in [3.05, 3.63) is 35.4 Å². The van der Waals surface area contributed by atoms with Gasteiger partial charge in [-0.25, -0.2) is 0 Å². The minimum atomic E-state index is -0.775. The maximum Gasteiger partial charge on any atom is 0.304 e. The van der Waals surface area contributed by atoms with Gasteiger partial charge < -0.3 is 16.2 Å². The van der Waals surface area contributed by atoms with Gasteiger partial charge in [-0.2, -0.15) is 0 Å². The molecular weight excluding hydrogens is 204 g/mol. The van der Waals surface area contributed by atoms with Crippen LogP contribution in [0, 0.1) is 0 Å². The van der Waals surface area contributed by atoms with E-state index in [2.05, 4.69) is 11.4 Å². The average Bonchev–Trinajstić information content (AvgIpc) is 2.57. The van der Waals surface area contributed by atoms with E-state index in [4.69, 9.17) is 10.8 Å². The van der Waals surface area contributed by atoms with Gasteiger partial charge in [0.05, 0.1) is 6.42 Å². The Labute approximate surface area is 94.5 Å². The van der Waals surface area contributed by atoms with Crippen LogP contribution in [-0.2, 0) is 4.79 Å². The van der Waals surface area contributed by atoms with Crippen LogP contribution in [-0.4, -0.2) is 17.6 Å². The molecule has 0 amide bonds. The van der Waals surface area contributed by atoms with Crippen molar-refractivity contribution in [2.75, 3.05) is 6.54 Å². The molecule has 4 N–H and O–H groups in total. The van der Waals surface area contributed by atoms with Gasteiger partial charge in [-0.15, -0.1) is 0 Å². The van der Waals surface area contributed by atoms with Crippen molar-refractivity contribution in [3.63, 3.8) is 0 Å². The number of carbonyl (C=O) groups is 1. The van der Waals surface area contributed by atoms with Crippen LogP contribution in [0.1, 0.15) is 36.1 Å². The molecule has 0 spiro atoms. The van der Waals surface area contributed by atoms with Gasteiger partial charge in [-0.05, 0) is 17.5 Å². The lowest BCUT2D eigenvalue weighted by atomic mass is 10.1. The van der Waals surface area contributed by atoms with Gasteiger partial charge in [0.1, 0.15) is 0 Å². The smallest absolute Gasteiger partial charge is 0.304 e. The van der Waals surface area contributed by atoms with E-state index in [-0.39, 0.29) is 18.5 Å². The Morgan fingerprint density at radius 3 is 2.81 bits per heavy atom. The summed E-state index contributed by atoms with van der Waals surface area (Å²) in [5.74, 6) is -0.775. The summed E-state index contributed by atoms with van der Waals surface area (Å²) in [5, 5.41) is 11.8. The van der Waals surface area contributed by atoms with Crippen molar-refractivity contribution in [1.29, 1.82) is 0 Å². The molecule has 2 atom stereocenters. The van der Waals surface area contributed by atoms with Crippen molar-refractivity contribution >= 4 is 5.97 Å². The van der Waals surface area contributed by atoms with Crippen LogP contribution < -0.4 is 11.1 Å². The maximum atomic E-state index is 10.4. The highest BCUT2D eigenvalue weighted by Gasteiger charge is 2.27. The first-order valence-corrected chi connectivity index (χ1v) is 5.48. The van der Waals surface area contributed by atoms with E-state index in [1.165, 1.54) is 11.1 Å². The lowest BCUT2D eigenvalue weighted by Gasteiger charge is -2.12. The molecule has 2 rings (SSSR count). The number of hydrogen-bond donors (Lipinski definition) is 3. The maximum absolute atomic E-state index is 10.4. The van der Waals surface area contributed by atoms with E-state index >= 15 is 0 Å². The molecule has 4 nitrogen and oxygen atoms in total. The molecule has 0 bridgehead atoms. The molecule has 1 aromatic carbocycles. The molecule has 86 valence electrons. The van der Waals surface area contributed by atoms with Crippen molar-refractivity contribution in [3.8, 4) is 0 Å². The van der Waals surface area contributed by atoms with E-state index in [1.54, 1.807) is 0 Å². The standard InChI is InChI=1S/C12H16N2O2/c13-10-7-11(14-6-5-12(15)16)9-4-2-1-3-8(9)10/h1-4,10-11,14H,5-7,13H2,(H,15,16). The zero-order valence-electron chi connectivity index (χ0n) is 9.02. The van der Waals surface area contributed by atoms with Gasteiger partial charge in [-0.3, -0.25) is 4.79 Å². The molecular formula is C12H16N2O2. The van der Waals surface area contributed by atoms with Gasteiger partial charge in [0, 0.05) is 18.6 Å². The number of nitrogens with one attached hydrogen (secondary N) is 1. The molecule has 0 radical (unpaired) electrons. The number of hydrogen-bond acceptors (Lipinski definition) is 3. The van der Waals surface area contributed by atoms with E-state index in [0.717, 1.165) is 6.42 Å². The fourth-order valence-corrected chi connectivity index (χ4v) is 2.22.